The molecule has 1 N–H and O–H groups in total. The Morgan fingerprint density at radius 1 is 1.01 bits per heavy atom. The molecule has 2 bridgehead atoms. The number of hydrogen-bond acceptors (Lipinski definition) is 9. The molecule has 5 aliphatic rings. The molecule has 11 nitrogen and oxygen atoms in total. The van der Waals surface area contributed by atoms with Gasteiger partial charge in [-0.25, -0.2) is 18.6 Å². The maximum atomic E-state index is 18.1. The number of benzene rings is 2. The summed E-state index contributed by atoms with van der Waals surface area (Å²) in [5.41, 5.74) is 5.64. The highest BCUT2D eigenvalue weighted by Crippen LogP contribution is 2.50. The van der Waals surface area contributed by atoms with Crippen molar-refractivity contribution in [3.05, 3.63) is 59.7 Å². The Kier molecular flexibility index (Phi) is 11.9. The number of aromatic nitrogens is 3. The molecule has 0 saturated carbocycles. The largest absolute Gasteiger partial charge is 0.472 e. The van der Waals surface area contributed by atoms with Gasteiger partial charge in [-0.1, -0.05) is 105 Å². The molecule has 0 aliphatic carbocycles. The van der Waals surface area contributed by atoms with Gasteiger partial charge in [0.15, 0.2) is 14.1 Å². The van der Waals surface area contributed by atoms with E-state index in [0.717, 1.165) is 25.1 Å². The normalized spacial score (nSPS) is 25.2. The van der Waals surface area contributed by atoms with E-state index in [1.54, 1.807) is 17.0 Å². The van der Waals surface area contributed by atoms with Crippen LogP contribution in [0.3, 0.4) is 0 Å². The van der Waals surface area contributed by atoms with Gasteiger partial charge in [0.25, 0.3) is 0 Å². The highest BCUT2D eigenvalue weighted by molar-refractivity contribution is 6.90. The summed E-state index contributed by atoms with van der Waals surface area (Å²) >= 11 is 0. The van der Waals surface area contributed by atoms with Crippen molar-refractivity contribution in [2.45, 2.75) is 166 Å². The van der Waals surface area contributed by atoms with E-state index in [4.69, 9.17) is 28.9 Å². The zero-order valence-electron chi connectivity index (χ0n) is 41.4. The molecule has 9 rings (SSSR count). The van der Waals surface area contributed by atoms with Crippen LogP contribution in [-0.4, -0.2) is 114 Å². The minimum atomic E-state index is -2.31. The molecule has 358 valence electrons. The van der Waals surface area contributed by atoms with Crippen LogP contribution in [0.5, 0.6) is 11.9 Å². The third-order valence-corrected chi connectivity index (χ3v) is 27.7. The molecule has 2 aromatic heterocycles. The van der Waals surface area contributed by atoms with E-state index in [2.05, 4.69) is 103 Å². The molecule has 4 saturated heterocycles. The fourth-order valence-corrected chi connectivity index (χ4v) is 19.1. The molecular formula is C52H68F2N6O5Si2. The lowest BCUT2D eigenvalue weighted by atomic mass is 9.90. The summed E-state index contributed by atoms with van der Waals surface area (Å²) in [5.74, 6) is 2.66. The van der Waals surface area contributed by atoms with Crippen molar-refractivity contribution in [3.8, 4) is 34.6 Å². The third kappa shape index (κ3) is 7.54. The van der Waals surface area contributed by atoms with Gasteiger partial charge in [-0.2, -0.15) is 9.97 Å². The average molecular weight is 951 g/mol. The van der Waals surface area contributed by atoms with E-state index in [-0.39, 0.29) is 57.8 Å². The quantitative estimate of drug-likeness (QED) is 0.0988. The molecule has 67 heavy (non-hydrogen) atoms. The van der Waals surface area contributed by atoms with Gasteiger partial charge in [0.2, 0.25) is 5.88 Å². The molecule has 1 amide bonds. The second-order valence-electron chi connectivity index (χ2n) is 22.4. The zero-order valence-corrected chi connectivity index (χ0v) is 43.4. The molecule has 2 aromatic carbocycles. The van der Waals surface area contributed by atoms with Gasteiger partial charge in [0, 0.05) is 30.6 Å². The summed E-state index contributed by atoms with van der Waals surface area (Å²) in [6.45, 7) is 33.2. The lowest BCUT2D eigenvalue weighted by Crippen LogP contribution is -2.64. The Hall–Kier alpha value is -4.63. The lowest BCUT2D eigenvalue weighted by Gasteiger charge is -2.47. The first kappa shape index (κ1) is 47.4. The second-order valence-corrected chi connectivity index (χ2v) is 32.7. The number of carbonyl (C=O) groups is 1. The molecule has 7 heterocycles. The second kappa shape index (κ2) is 16.8. The highest BCUT2D eigenvalue weighted by atomic mass is 28.4. The minimum Gasteiger partial charge on any atom is -0.472 e. The number of ether oxygens (including phenoxy) is 2. The van der Waals surface area contributed by atoms with Crippen molar-refractivity contribution in [1.29, 1.82) is 0 Å². The fourth-order valence-electron chi connectivity index (χ4n) is 12.5. The summed E-state index contributed by atoms with van der Waals surface area (Å²) in [6.07, 6.45) is 1.30. The number of amides is 1. The van der Waals surface area contributed by atoms with Gasteiger partial charge in [-0.15, -0.1) is 5.54 Å². The zero-order chi connectivity index (χ0) is 48.3. The van der Waals surface area contributed by atoms with Gasteiger partial charge in [-0.05, 0) is 78.8 Å². The third-order valence-electron chi connectivity index (χ3n) is 16.9. The fraction of sp³-hybridized carbons (Fsp3) is 0.577. The maximum Gasteiger partial charge on any atom is 0.407 e. The number of carboxylic acid groups (broad SMARTS) is 1. The summed E-state index contributed by atoms with van der Waals surface area (Å²) in [4.78, 5) is 33.7. The van der Waals surface area contributed by atoms with Gasteiger partial charge < -0.3 is 23.9 Å². The van der Waals surface area contributed by atoms with Crippen molar-refractivity contribution in [2.24, 2.45) is 0 Å². The van der Waals surface area contributed by atoms with Gasteiger partial charge >= 0.3 is 12.1 Å². The van der Waals surface area contributed by atoms with E-state index in [9.17, 15) is 9.90 Å². The lowest BCUT2D eigenvalue weighted by molar-refractivity contribution is 0.0706. The molecule has 4 fully saturated rings. The van der Waals surface area contributed by atoms with Gasteiger partial charge in [0.05, 0.1) is 35.3 Å². The Balaban J connectivity index is 1.21. The Morgan fingerprint density at radius 3 is 2.40 bits per heavy atom. The maximum absolute atomic E-state index is 18.1. The smallest absolute Gasteiger partial charge is 0.407 e. The number of hydrogen-bond donors (Lipinski definition) is 1. The van der Waals surface area contributed by atoms with Crippen LogP contribution in [-0.2, 0) is 4.43 Å². The van der Waals surface area contributed by atoms with Crippen molar-refractivity contribution in [1.82, 2.24) is 24.8 Å². The van der Waals surface area contributed by atoms with Crippen molar-refractivity contribution < 1.29 is 32.6 Å². The highest BCUT2D eigenvalue weighted by Gasteiger charge is 2.55. The van der Waals surface area contributed by atoms with Crippen LogP contribution in [0.2, 0.25) is 34.8 Å². The molecule has 5 aliphatic heterocycles. The van der Waals surface area contributed by atoms with E-state index in [1.165, 1.54) is 6.07 Å². The molecule has 4 aromatic rings. The van der Waals surface area contributed by atoms with Crippen LogP contribution in [0.15, 0.2) is 42.5 Å². The van der Waals surface area contributed by atoms with Crippen LogP contribution in [0.1, 0.15) is 100 Å². The van der Waals surface area contributed by atoms with E-state index in [1.807, 2.05) is 19.1 Å². The monoisotopic (exact) mass is 950 g/mol. The van der Waals surface area contributed by atoms with Crippen molar-refractivity contribution >= 4 is 50.0 Å². The van der Waals surface area contributed by atoms with Gasteiger partial charge in [0.1, 0.15) is 49.0 Å². The van der Waals surface area contributed by atoms with Crippen LogP contribution in [0, 0.1) is 23.1 Å². The predicted molar refractivity (Wildman–Crippen MR) is 266 cm³/mol. The Bertz CT molecular complexity index is 2710. The number of fused-ring (bicyclic) bond motifs is 7. The number of pyridine rings is 1. The topological polar surface area (TPSA) is 113 Å². The van der Waals surface area contributed by atoms with Crippen LogP contribution in [0.4, 0.5) is 19.4 Å². The molecular weight excluding hydrogens is 883 g/mol. The van der Waals surface area contributed by atoms with E-state index in [0.29, 0.717) is 64.6 Å². The minimum absolute atomic E-state index is 0.00207. The van der Waals surface area contributed by atoms with E-state index >= 15 is 8.78 Å². The number of halogens is 2. The number of nitrogens with zero attached hydrogens (tertiary/aromatic N) is 6. The van der Waals surface area contributed by atoms with Crippen LogP contribution < -0.4 is 14.4 Å². The van der Waals surface area contributed by atoms with Crippen LogP contribution in [0.25, 0.3) is 32.9 Å². The SMILES string of the molecule is C=C1CCN2CC(O[Si](C)(C)C(C)(C)C)CC12COc1nc2c3c(nc(-c4cccc5ccc(F)c(C#C[Si](C(C)C)(C(C)C)C(C)C)c45)c(F)c3n1)OC(C)C1C3CCC(CN21)N3C(=O)O. The summed E-state index contributed by atoms with van der Waals surface area (Å²) < 4.78 is 55.0. The first-order valence-corrected chi connectivity index (χ1v) is 29.5. The van der Waals surface area contributed by atoms with E-state index < -0.39 is 57.8 Å². The predicted octanol–water partition coefficient (Wildman–Crippen LogP) is 11.3. The average Bonchev–Trinajstić information content (AvgIpc) is 3.84. The van der Waals surface area contributed by atoms with Crippen molar-refractivity contribution in [2.75, 3.05) is 31.1 Å². The Morgan fingerprint density at radius 2 is 1.73 bits per heavy atom. The number of anilines is 1. The number of rotatable bonds is 9. The molecule has 15 heteroatoms. The summed E-state index contributed by atoms with van der Waals surface area (Å²) in [7, 11) is -4.40. The van der Waals surface area contributed by atoms with Gasteiger partial charge in [-0.3, -0.25) is 9.80 Å². The number of piperazine rings is 1. The summed E-state index contributed by atoms with van der Waals surface area (Å²) in [5, 5.41) is 11.9. The first-order valence-electron chi connectivity index (χ1n) is 24.3. The summed E-state index contributed by atoms with van der Waals surface area (Å²) in [6, 6.07) is 7.41. The Labute approximate surface area is 396 Å². The van der Waals surface area contributed by atoms with Crippen LogP contribution >= 0.6 is 0 Å². The molecule has 0 radical (unpaired) electrons. The molecule has 6 unspecified atom stereocenters. The standard InChI is InChI=1S/C52H68F2N6O5Si2/c1-29(2)67(30(3)4,31(5)6)24-22-37-39(53)19-17-34-15-14-16-38(41(34)37)44-43(54)45-42-47(59-26-35-18-20-40(60(35)50(61)62)46(59)33(8)64-48(42)55-44)57-49(56-45)63-28-52-25-36(27-58(52)23-21-32(52)7)65-66(12,13)51(9,10)11/h14-17,19,29-31,33,35-36,40,46H,7,18,20-21,23,25-28H2,1-6,8-13H3,(H,61,62). The first-order chi connectivity index (χ1) is 31.5. The molecule has 6 atom stereocenters. The van der Waals surface area contributed by atoms with Crippen molar-refractivity contribution in [3.63, 3.8) is 0 Å². The molecule has 0 spiro atoms.